The van der Waals surface area contributed by atoms with Crippen LogP contribution in [0.1, 0.15) is 13.3 Å². The molecule has 0 aliphatic carbocycles. The van der Waals surface area contributed by atoms with Gasteiger partial charge in [-0.15, -0.1) is 0 Å². The summed E-state index contributed by atoms with van der Waals surface area (Å²) in [6, 6.07) is 9.12. The summed E-state index contributed by atoms with van der Waals surface area (Å²) in [5, 5.41) is 20.4. The van der Waals surface area contributed by atoms with Gasteiger partial charge in [-0.3, -0.25) is 0 Å². The maximum atomic E-state index is 8.71. The number of rotatable bonds is 3. The number of allylic oxidation sites excluding steroid dienone is 2. The summed E-state index contributed by atoms with van der Waals surface area (Å²) in [5.74, 6) is 0.636. The van der Waals surface area contributed by atoms with Crippen LogP contribution in [0.25, 0.3) is 0 Å². The van der Waals surface area contributed by atoms with Crippen LogP contribution in [-0.4, -0.2) is 4.98 Å². The first-order chi connectivity index (χ1) is 7.31. The van der Waals surface area contributed by atoms with Gasteiger partial charge in [-0.1, -0.05) is 13.0 Å². The molecule has 15 heavy (non-hydrogen) atoms. The van der Waals surface area contributed by atoms with Crippen molar-refractivity contribution in [1.29, 1.82) is 10.5 Å². The van der Waals surface area contributed by atoms with Crippen LogP contribution in [-0.2, 0) is 0 Å². The number of nitrogens with zero attached hydrogens (tertiary/aromatic N) is 3. The number of aromatic nitrogens is 1. The monoisotopic (exact) mass is 198 g/mol. The fourth-order valence-electron chi connectivity index (χ4n) is 1.08. The van der Waals surface area contributed by atoms with Crippen LogP contribution in [0.4, 0.5) is 5.82 Å². The Labute approximate surface area is 88.5 Å². The van der Waals surface area contributed by atoms with Gasteiger partial charge in [0.05, 0.1) is 0 Å². The first kappa shape index (κ1) is 10.7. The second kappa shape index (κ2) is 5.41. The van der Waals surface area contributed by atoms with Gasteiger partial charge in [-0.2, -0.15) is 10.5 Å². The van der Waals surface area contributed by atoms with Crippen LogP contribution in [0.2, 0.25) is 0 Å². The average molecular weight is 198 g/mol. The zero-order valence-corrected chi connectivity index (χ0v) is 8.36. The van der Waals surface area contributed by atoms with E-state index in [2.05, 4.69) is 10.3 Å². The maximum Gasteiger partial charge on any atom is 0.148 e. The zero-order chi connectivity index (χ0) is 11.1. The molecule has 0 spiro atoms. The number of anilines is 1. The van der Waals surface area contributed by atoms with E-state index in [1.54, 1.807) is 18.3 Å². The van der Waals surface area contributed by atoms with Gasteiger partial charge in [0, 0.05) is 11.9 Å². The molecule has 0 bridgehead atoms. The predicted octanol–water partition coefficient (Wildman–Crippen LogP) is 2.20. The van der Waals surface area contributed by atoms with Crippen LogP contribution < -0.4 is 5.32 Å². The summed E-state index contributed by atoms with van der Waals surface area (Å²) in [6.45, 7) is 1.87. The summed E-state index contributed by atoms with van der Waals surface area (Å²) < 4.78 is 0. The Morgan fingerprint density at radius 1 is 1.40 bits per heavy atom. The van der Waals surface area contributed by atoms with Crippen LogP contribution in [0.3, 0.4) is 0 Å². The highest BCUT2D eigenvalue weighted by Gasteiger charge is 2.04. The molecule has 1 aromatic rings. The third kappa shape index (κ3) is 2.82. The molecule has 1 aromatic heterocycles. The summed E-state index contributed by atoms with van der Waals surface area (Å²) >= 11 is 0. The van der Waals surface area contributed by atoms with E-state index in [-0.39, 0.29) is 5.57 Å². The van der Waals surface area contributed by atoms with Crippen LogP contribution >= 0.6 is 0 Å². The molecule has 1 heterocycles. The lowest BCUT2D eigenvalue weighted by atomic mass is 10.2. The Morgan fingerprint density at radius 3 is 2.60 bits per heavy atom. The van der Waals surface area contributed by atoms with Crippen molar-refractivity contribution in [2.75, 3.05) is 5.32 Å². The van der Waals surface area contributed by atoms with Crippen LogP contribution in [0, 0.1) is 22.7 Å². The largest absolute Gasteiger partial charge is 0.342 e. The Bertz CT molecular complexity index is 418. The highest BCUT2D eigenvalue weighted by Crippen LogP contribution is 2.11. The average Bonchev–Trinajstić information content (AvgIpc) is 2.30. The number of hydrogen-bond donors (Lipinski definition) is 1. The van der Waals surface area contributed by atoms with Gasteiger partial charge in [0.1, 0.15) is 23.5 Å². The molecule has 0 aliphatic heterocycles. The highest BCUT2D eigenvalue weighted by atomic mass is 15.0. The predicted molar refractivity (Wildman–Crippen MR) is 56.4 cm³/mol. The number of pyridine rings is 1. The molecule has 0 radical (unpaired) electrons. The lowest BCUT2D eigenvalue weighted by Gasteiger charge is -2.07. The first-order valence-electron chi connectivity index (χ1n) is 4.53. The van der Waals surface area contributed by atoms with Crippen molar-refractivity contribution < 1.29 is 0 Å². The quantitative estimate of drug-likeness (QED) is 0.755. The maximum absolute atomic E-state index is 8.71. The molecule has 0 unspecified atom stereocenters. The van der Waals surface area contributed by atoms with Crippen molar-refractivity contribution >= 4 is 5.82 Å². The summed E-state index contributed by atoms with van der Waals surface area (Å²) in [5.41, 5.74) is 0.696. The van der Waals surface area contributed by atoms with Crippen molar-refractivity contribution in [2.45, 2.75) is 13.3 Å². The van der Waals surface area contributed by atoms with Gasteiger partial charge < -0.3 is 5.32 Å². The molecule has 0 fully saturated rings. The first-order valence-corrected chi connectivity index (χ1v) is 4.53. The normalized spacial score (nSPS) is 8.47. The molecule has 1 rings (SSSR count). The van der Waals surface area contributed by atoms with Crippen molar-refractivity contribution in [3.05, 3.63) is 35.7 Å². The Morgan fingerprint density at radius 2 is 2.13 bits per heavy atom. The fraction of sp³-hybridized carbons (Fsp3) is 0.182. The van der Waals surface area contributed by atoms with Crippen molar-refractivity contribution in [1.82, 2.24) is 4.98 Å². The van der Waals surface area contributed by atoms with Gasteiger partial charge in [0.15, 0.2) is 0 Å². The standard InChI is InChI=1S/C11H10N4/c1-2-10(9(7-12)8-13)15-11-5-3-4-6-14-11/h3-6H,2H2,1H3,(H,14,15). The SMILES string of the molecule is CCC(Nc1ccccn1)=C(C#N)C#N. The molecule has 4 heteroatoms. The van der Waals surface area contributed by atoms with E-state index >= 15 is 0 Å². The molecule has 0 atom stereocenters. The van der Waals surface area contributed by atoms with E-state index in [1.807, 2.05) is 25.1 Å². The molecule has 0 saturated carbocycles. The molecule has 74 valence electrons. The van der Waals surface area contributed by atoms with Crippen molar-refractivity contribution in [3.63, 3.8) is 0 Å². The molecule has 1 N–H and O–H groups in total. The topological polar surface area (TPSA) is 72.5 Å². The smallest absolute Gasteiger partial charge is 0.148 e. The molecular weight excluding hydrogens is 188 g/mol. The van der Waals surface area contributed by atoms with Crippen molar-refractivity contribution in [2.24, 2.45) is 0 Å². The lowest BCUT2D eigenvalue weighted by Crippen LogP contribution is -2.02. The number of nitriles is 2. The van der Waals surface area contributed by atoms with E-state index in [0.717, 1.165) is 0 Å². The molecule has 0 aromatic carbocycles. The minimum absolute atomic E-state index is 0.100. The summed E-state index contributed by atoms with van der Waals surface area (Å²) in [4.78, 5) is 4.05. The lowest BCUT2D eigenvalue weighted by molar-refractivity contribution is 1.08. The van der Waals surface area contributed by atoms with E-state index in [0.29, 0.717) is 17.9 Å². The minimum Gasteiger partial charge on any atom is -0.342 e. The van der Waals surface area contributed by atoms with E-state index < -0.39 is 0 Å². The molecule has 0 saturated heterocycles. The van der Waals surface area contributed by atoms with Crippen LogP contribution in [0.15, 0.2) is 35.7 Å². The van der Waals surface area contributed by atoms with Gasteiger partial charge in [0.25, 0.3) is 0 Å². The second-order valence-corrected chi connectivity index (χ2v) is 2.77. The van der Waals surface area contributed by atoms with Crippen molar-refractivity contribution in [3.8, 4) is 12.1 Å². The minimum atomic E-state index is 0.100. The summed E-state index contributed by atoms with van der Waals surface area (Å²) in [6.07, 6.45) is 2.24. The van der Waals surface area contributed by atoms with Gasteiger partial charge in [-0.05, 0) is 18.6 Å². The number of nitrogens with one attached hydrogen (secondary N) is 1. The summed E-state index contributed by atoms with van der Waals surface area (Å²) in [7, 11) is 0. The third-order valence-corrected chi connectivity index (χ3v) is 1.82. The van der Waals surface area contributed by atoms with Gasteiger partial charge in [0.2, 0.25) is 0 Å². The van der Waals surface area contributed by atoms with Crippen LogP contribution in [0.5, 0.6) is 0 Å². The van der Waals surface area contributed by atoms with E-state index in [9.17, 15) is 0 Å². The molecule has 4 nitrogen and oxygen atoms in total. The fourth-order valence-corrected chi connectivity index (χ4v) is 1.08. The third-order valence-electron chi connectivity index (χ3n) is 1.82. The Kier molecular flexibility index (Phi) is 3.88. The molecule has 0 amide bonds. The van der Waals surface area contributed by atoms with E-state index in [4.69, 9.17) is 10.5 Å². The number of hydrogen-bond acceptors (Lipinski definition) is 4. The van der Waals surface area contributed by atoms with E-state index in [1.165, 1.54) is 0 Å². The zero-order valence-electron chi connectivity index (χ0n) is 8.36. The Hall–Kier alpha value is -2.33. The second-order valence-electron chi connectivity index (χ2n) is 2.77. The Balaban J connectivity index is 2.95. The van der Waals surface area contributed by atoms with Gasteiger partial charge >= 0.3 is 0 Å². The van der Waals surface area contributed by atoms with Gasteiger partial charge in [-0.25, -0.2) is 4.98 Å². The molecule has 0 aliphatic rings. The highest BCUT2D eigenvalue weighted by molar-refractivity contribution is 5.49. The molecular formula is C11H10N4.